The highest BCUT2D eigenvalue weighted by Gasteiger charge is 2.08. The van der Waals surface area contributed by atoms with Crippen LogP contribution < -0.4 is 16.0 Å². The second kappa shape index (κ2) is 9.03. The molecule has 1 heterocycles. The van der Waals surface area contributed by atoms with Crippen molar-refractivity contribution in [3.63, 3.8) is 0 Å². The molecule has 0 aliphatic rings. The standard InChI is InChI=1S/C19H27N5O2/c1-12(2)18(25)24-16-8-6-15(7-9-16)10-21-19(20-5)22-11-17-23-13(3)14(4)26-17/h6-9,12H,10-11H2,1-5H3,(H,24,25)(H2,20,21,22). The Balaban J connectivity index is 1.83. The summed E-state index contributed by atoms with van der Waals surface area (Å²) in [6.45, 7) is 8.63. The molecule has 0 bridgehead atoms. The average Bonchev–Trinajstić information content (AvgIpc) is 2.94. The number of guanidine groups is 1. The number of aromatic nitrogens is 1. The molecule has 1 amide bonds. The third-order valence-corrected chi connectivity index (χ3v) is 3.91. The quantitative estimate of drug-likeness (QED) is 0.546. The van der Waals surface area contributed by atoms with Gasteiger partial charge in [0, 0.05) is 25.2 Å². The lowest BCUT2D eigenvalue weighted by molar-refractivity contribution is -0.118. The number of hydrogen-bond donors (Lipinski definition) is 3. The predicted molar refractivity (Wildman–Crippen MR) is 103 cm³/mol. The molecule has 26 heavy (non-hydrogen) atoms. The summed E-state index contributed by atoms with van der Waals surface area (Å²) in [5.41, 5.74) is 2.78. The Labute approximate surface area is 154 Å². The molecule has 0 radical (unpaired) electrons. The molecule has 0 atom stereocenters. The van der Waals surface area contributed by atoms with Crippen LogP contribution in [0.4, 0.5) is 5.69 Å². The molecule has 0 aliphatic heterocycles. The van der Waals surface area contributed by atoms with Gasteiger partial charge in [0.1, 0.15) is 5.76 Å². The average molecular weight is 357 g/mol. The normalized spacial score (nSPS) is 11.5. The van der Waals surface area contributed by atoms with E-state index in [9.17, 15) is 4.79 Å². The summed E-state index contributed by atoms with van der Waals surface area (Å²) in [6, 6.07) is 7.73. The lowest BCUT2D eigenvalue weighted by Gasteiger charge is -2.12. The molecule has 0 saturated heterocycles. The first-order valence-electron chi connectivity index (χ1n) is 8.66. The van der Waals surface area contributed by atoms with Gasteiger partial charge in [0.2, 0.25) is 11.8 Å². The summed E-state index contributed by atoms with van der Waals surface area (Å²) in [5.74, 6) is 2.10. The number of rotatable bonds is 6. The van der Waals surface area contributed by atoms with Gasteiger partial charge in [-0.05, 0) is 31.5 Å². The Bertz CT molecular complexity index is 743. The number of aliphatic imine (C=N–C) groups is 1. The molecule has 3 N–H and O–H groups in total. The van der Waals surface area contributed by atoms with Gasteiger partial charge >= 0.3 is 0 Å². The van der Waals surface area contributed by atoms with Crippen molar-refractivity contribution in [1.82, 2.24) is 15.6 Å². The van der Waals surface area contributed by atoms with Crippen LogP contribution in [0.1, 0.15) is 36.8 Å². The number of aryl methyl sites for hydroxylation is 2. The molecule has 0 saturated carbocycles. The van der Waals surface area contributed by atoms with Gasteiger partial charge in [-0.2, -0.15) is 0 Å². The van der Waals surface area contributed by atoms with Gasteiger partial charge in [-0.25, -0.2) is 4.98 Å². The van der Waals surface area contributed by atoms with Crippen LogP contribution in [-0.2, 0) is 17.9 Å². The van der Waals surface area contributed by atoms with Crippen molar-refractivity contribution >= 4 is 17.6 Å². The van der Waals surface area contributed by atoms with Crippen molar-refractivity contribution in [3.8, 4) is 0 Å². The first-order chi connectivity index (χ1) is 12.4. The third kappa shape index (κ3) is 5.61. The fourth-order valence-electron chi connectivity index (χ4n) is 2.17. The first kappa shape index (κ1) is 19.5. The molecule has 0 aliphatic carbocycles. The topological polar surface area (TPSA) is 91.5 Å². The van der Waals surface area contributed by atoms with Crippen LogP contribution in [0.25, 0.3) is 0 Å². The minimum absolute atomic E-state index is 0.0116. The third-order valence-electron chi connectivity index (χ3n) is 3.91. The van der Waals surface area contributed by atoms with Crippen LogP contribution >= 0.6 is 0 Å². The van der Waals surface area contributed by atoms with Gasteiger partial charge < -0.3 is 20.4 Å². The van der Waals surface area contributed by atoms with Gasteiger partial charge in [-0.15, -0.1) is 0 Å². The minimum atomic E-state index is -0.0398. The molecule has 2 aromatic rings. The van der Waals surface area contributed by atoms with Crippen molar-refractivity contribution in [2.75, 3.05) is 12.4 Å². The fourth-order valence-corrected chi connectivity index (χ4v) is 2.17. The van der Waals surface area contributed by atoms with Crippen molar-refractivity contribution < 1.29 is 9.21 Å². The zero-order chi connectivity index (χ0) is 19.1. The fraction of sp³-hybridized carbons (Fsp3) is 0.421. The molecule has 1 aromatic heterocycles. The maximum atomic E-state index is 11.7. The summed E-state index contributed by atoms with van der Waals surface area (Å²) in [5, 5.41) is 9.29. The number of oxazole rings is 1. The second-order valence-corrected chi connectivity index (χ2v) is 6.37. The SMILES string of the molecule is CN=C(NCc1ccc(NC(=O)C(C)C)cc1)NCc1nc(C)c(C)o1. The van der Waals surface area contributed by atoms with E-state index in [-0.39, 0.29) is 11.8 Å². The Morgan fingerprint density at radius 3 is 2.35 bits per heavy atom. The zero-order valence-electron chi connectivity index (χ0n) is 16.0. The maximum Gasteiger partial charge on any atom is 0.226 e. The molecule has 7 heteroatoms. The summed E-state index contributed by atoms with van der Waals surface area (Å²) in [7, 11) is 1.71. The predicted octanol–water partition coefficient (Wildman–Crippen LogP) is 2.75. The molecule has 7 nitrogen and oxygen atoms in total. The van der Waals surface area contributed by atoms with E-state index >= 15 is 0 Å². The van der Waals surface area contributed by atoms with Crippen LogP contribution in [0.3, 0.4) is 0 Å². The number of carbonyl (C=O) groups excluding carboxylic acids is 1. The van der Waals surface area contributed by atoms with Crippen LogP contribution in [0, 0.1) is 19.8 Å². The van der Waals surface area contributed by atoms with E-state index in [4.69, 9.17) is 4.42 Å². The Morgan fingerprint density at radius 1 is 1.15 bits per heavy atom. The number of hydrogen-bond acceptors (Lipinski definition) is 4. The lowest BCUT2D eigenvalue weighted by Crippen LogP contribution is -2.36. The number of carbonyl (C=O) groups is 1. The summed E-state index contributed by atoms with van der Waals surface area (Å²) in [6.07, 6.45) is 0. The highest BCUT2D eigenvalue weighted by molar-refractivity contribution is 5.92. The van der Waals surface area contributed by atoms with E-state index < -0.39 is 0 Å². The lowest BCUT2D eigenvalue weighted by atomic mass is 10.1. The Kier molecular flexibility index (Phi) is 6.77. The maximum absolute atomic E-state index is 11.7. The molecule has 1 aromatic carbocycles. The van der Waals surface area contributed by atoms with Gasteiger partial charge in [0.15, 0.2) is 5.96 Å². The minimum Gasteiger partial charge on any atom is -0.444 e. The summed E-state index contributed by atoms with van der Waals surface area (Å²) < 4.78 is 5.54. The van der Waals surface area contributed by atoms with E-state index in [0.29, 0.717) is 24.9 Å². The highest BCUT2D eigenvalue weighted by Crippen LogP contribution is 2.11. The Hall–Kier alpha value is -2.83. The van der Waals surface area contributed by atoms with E-state index in [1.54, 1.807) is 7.05 Å². The van der Waals surface area contributed by atoms with Crippen molar-refractivity contribution in [1.29, 1.82) is 0 Å². The van der Waals surface area contributed by atoms with Crippen LogP contribution in [0.2, 0.25) is 0 Å². The molecular formula is C19H27N5O2. The summed E-state index contributed by atoms with van der Waals surface area (Å²) in [4.78, 5) is 20.2. The van der Waals surface area contributed by atoms with Crippen molar-refractivity contribution in [2.24, 2.45) is 10.9 Å². The highest BCUT2D eigenvalue weighted by atomic mass is 16.4. The largest absolute Gasteiger partial charge is 0.444 e. The first-order valence-corrected chi connectivity index (χ1v) is 8.66. The second-order valence-electron chi connectivity index (χ2n) is 6.37. The van der Waals surface area contributed by atoms with Crippen LogP contribution in [-0.4, -0.2) is 23.9 Å². The van der Waals surface area contributed by atoms with E-state index in [2.05, 4.69) is 25.9 Å². The van der Waals surface area contributed by atoms with E-state index in [0.717, 1.165) is 22.7 Å². The van der Waals surface area contributed by atoms with E-state index in [1.165, 1.54) is 0 Å². The van der Waals surface area contributed by atoms with Gasteiger partial charge in [-0.1, -0.05) is 26.0 Å². The molecule has 0 unspecified atom stereocenters. The van der Waals surface area contributed by atoms with Crippen LogP contribution in [0.5, 0.6) is 0 Å². The molecule has 0 fully saturated rings. The monoisotopic (exact) mass is 357 g/mol. The Morgan fingerprint density at radius 2 is 1.81 bits per heavy atom. The van der Waals surface area contributed by atoms with Gasteiger partial charge in [0.05, 0.1) is 12.2 Å². The molecular weight excluding hydrogens is 330 g/mol. The molecule has 0 spiro atoms. The number of benzene rings is 1. The molecule has 2 rings (SSSR count). The number of anilines is 1. The number of amides is 1. The van der Waals surface area contributed by atoms with Crippen LogP contribution in [0.15, 0.2) is 33.7 Å². The van der Waals surface area contributed by atoms with Crippen molar-refractivity contribution in [2.45, 2.75) is 40.8 Å². The van der Waals surface area contributed by atoms with Crippen molar-refractivity contribution in [3.05, 3.63) is 47.2 Å². The van der Waals surface area contributed by atoms with Gasteiger partial charge in [-0.3, -0.25) is 9.79 Å². The van der Waals surface area contributed by atoms with Gasteiger partial charge in [0.25, 0.3) is 0 Å². The smallest absolute Gasteiger partial charge is 0.226 e. The summed E-state index contributed by atoms with van der Waals surface area (Å²) >= 11 is 0. The van der Waals surface area contributed by atoms with E-state index in [1.807, 2.05) is 52.0 Å². The molecule has 140 valence electrons. The number of nitrogens with one attached hydrogen (secondary N) is 3. The number of nitrogens with zero attached hydrogens (tertiary/aromatic N) is 2. The zero-order valence-corrected chi connectivity index (χ0v) is 16.0.